The molecule has 3 aliphatic rings. The molecule has 2 saturated carbocycles. The van der Waals surface area contributed by atoms with E-state index >= 15 is 0 Å². The Labute approximate surface area is 136 Å². The first-order valence-corrected chi connectivity index (χ1v) is 8.45. The number of rotatable bonds is 4. The van der Waals surface area contributed by atoms with Crippen molar-refractivity contribution in [2.75, 3.05) is 7.05 Å². The van der Waals surface area contributed by atoms with Gasteiger partial charge < -0.3 is 20.6 Å². The maximum atomic E-state index is 13.3. The molecule has 1 aliphatic heterocycles. The largest absolute Gasteiger partial charge is 0.417 e. The lowest BCUT2D eigenvalue weighted by Crippen LogP contribution is -2.59. The standard InChI is InChI=1S/C14H21F3N2O3S/c1-11(22,14(15,16)17)13(5-6-13)9(21)12(3-4-12)7-8(20)23-10(18-2)19-7/h7-9,20-22H,3-6H2,1-2H3,(H,18,19)/t7-,8+,9-,11-/m0/s1. The third-order valence-electron chi connectivity index (χ3n) is 5.82. The minimum absolute atomic E-state index is 0.118. The van der Waals surface area contributed by atoms with Crippen molar-refractivity contribution in [3.63, 3.8) is 0 Å². The molecule has 0 bridgehead atoms. The lowest BCUT2D eigenvalue weighted by molar-refractivity contribution is -0.293. The predicted molar refractivity (Wildman–Crippen MR) is 79.9 cm³/mol. The van der Waals surface area contributed by atoms with E-state index in [-0.39, 0.29) is 12.8 Å². The zero-order valence-corrected chi connectivity index (χ0v) is 13.7. The van der Waals surface area contributed by atoms with Gasteiger partial charge in [-0.2, -0.15) is 13.2 Å². The number of hydrogen-bond acceptors (Lipinski definition) is 5. The Morgan fingerprint density at radius 3 is 2.22 bits per heavy atom. The number of aliphatic imine (C=N–C) groups is 1. The lowest BCUT2D eigenvalue weighted by Gasteiger charge is -2.43. The average molecular weight is 354 g/mol. The normalized spacial score (nSPS) is 37.1. The van der Waals surface area contributed by atoms with Crippen LogP contribution in [0.5, 0.6) is 0 Å². The highest BCUT2D eigenvalue weighted by atomic mass is 32.2. The van der Waals surface area contributed by atoms with Crippen molar-refractivity contribution >= 4 is 16.9 Å². The quantitative estimate of drug-likeness (QED) is 0.610. The van der Waals surface area contributed by atoms with Gasteiger partial charge in [-0.05, 0) is 32.6 Å². The molecule has 23 heavy (non-hydrogen) atoms. The first-order valence-electron chi connectivity index (χ1n) is 7.57. The van der Waals surface area contributed by atoms with Crippen LogP contribution in [0.15, 0.2) is 4.99 Å². The van der Waals surface area contributed by atoms with Gasteiger partial charge in [-0.3, -0.25) is 4.99 Å². The fourth-order valence-electron chi connectivity index (χ4n) is 3.86. The maximum absolute atomic E-state index is 13.3. The van der Waals surface area contributed by atoms with Crippen LogP contribution in [0.25, 0.3) is 0 Å². The Bertz CT molecular complexity index is 530. The van der Waals surface area contributed by atoms with Gasteiger partial charge in [0.1, 0.15) is 5.44 Å². The molecule has 3 rings (SSSR count). The van der Waals surface area contributed by atoms with Gasteiger partial charge in [-0.15, -0.1) is 0 Å². The molecular formula is C14H21F3N2O3S. The molecule has 1 saturated heterocycles. The molecule has 0 aromatic rings. The molecule has 4 N–H and O–H groups in total. The van der Waals surface area contributed by atoms with Crippen LogP contribution in [-0.2, 0) is 0 Å². The highest BCUT2D eigenvalue weighted by molar-refractivity contribution is 8.14. The number of alkyl halides is 3. The van der Waals surface area contributed by atoms with E-state index in [1.54, 1.807) is 7.05 Å². The summed E-state index contributed by atoms with van der Waals surface area (Å²) in [6, 6.07) is -0.567. The topological polar surface area (TPSA) is 85.1 Å². The molecule has 4 atom stereocenters. The van der Waals surface area contributed by atoms with Gasteiger partial charge in [0.25, 0.3) is 0 Å². The molecule has 9 heteroatoms. The Balaban J connectivity index is 1.87. The number of thioether (sulfide) groups is 1. The van der Waals surface area contributed by atoms with Crippen molar-refractivity contribution in [2.24, 2.45) is 15.8 Å². The number of nitrogens with zero attached hydrogens (tertiary/aromatic N) is 1. The van der Waals surface area contributed by atoms with E-state index in [1.165, 1.54) is 0 Å². The molecule has 2 aliphatic carbocycles. The van der Waals surface area contributed by atoms with Crippen molar-refractivity contribution in [1.29, 1.82) is 0 Å². The summed E-state index contributed by atoms with van der Waals surface area (Å²) in [6.45, 7) is 0.742. The summed E-state index contributed by atoms with van der Waals surface area (Å²) < 4.78 is 39.8. The van der Waals surface area contributed by atoms with Gasteiger partial charge >= 0.3 is 6.18 Å². The molecule has 0 aromatic heterocycles. The van der Waals surface area contributed by atoms with Crippen LogP contribution in [0, 0.1) is 10.8 Å². The van der Waals surface area contributed by atoms with Gasteiger partial charge in [-0.1, -0.05) is 11.8 Å². The van der Waals surface area contributed by atoms with Crippen molar-refractivity contribution in [3.8, 4) is 0 Å². The second-order valence-electron chi connectivity index (χ2n) is 7.02. The second-order valence-corrected chi connectivity index (χ2v) is 8.13. The van der Waals surface area contributed by atoms with Crippen molar-refractivity contribution in [2.45, 2.75) is 62.0 Å². The molecule has 0 spiro atoms. The average Bonchev–Trinajstić information content (AvgIpc) is 3.35. The van der Waals surface area contributed by atoms with Crippen LogP contribution in [0.3, 0.4) is 0 Å². The SMILES string of the molecule is CN=C1N[C@H](C2([C@H](O)C3([C@](C)(O)C(F)(F)F)CC3)CC2)[C@H](O)S1. The van der Waals surface area contributed by atoms with E-state index in [4.69, 9.17) is 0 Å². The van der Waals surface area contributed by atoms with Gasteiger partial charge in [0.2, 0.25) is 0 Å². The molecule has 0 aromatic carbocycles. The van der Waals surface area contributed by atoms with Crippen molar-refractivity contribution < 1.29 is 28.5 Å². The summed E-state index contributed by atoms with van der Waals surface area (Å²) in [5.41, 5.74) is -6.28. The summed E-state index contributed by atoms with van der Waals surface area (Å²) in [5.74, 6) is 0. The minimum atomic E-state index is -4.81. The number of aliphatic hydroxyl groups excluding tert-OH is 2. The van der Waals surface area contributed by atoms with Crippen LogP contribution in [-0.4, -0.2) is 56.9 Å². The first kappa shape index (κ1) is 17.3. The maximum Gasteiger partial charge on any atom is 0.417 e. The van der Waals surface area contributed by atoms with E-state index in [2.05, 4.69) is 10.3 Å². The van der Waals surface area contributed by atoms with E-state index in [0.29, 0.717) is 18.0 Å². The minimum Gasteiger partial charge on any atom is -0.392 e. The van der Waals surface area contributed by atoms with Gasteiger partial charge in [0.05, 0.1) is 12.1 Å². The van der Waals surface area contributed by atoms with Crippen molar-refractivity contribution in [3.05, 3.63) is 0 Å². The Hall–Kier alpha value is -0.510. The molecule has 5 nitrogen and oxygen atoms in total. The van der Waals surface area contributed by atoms with Crippen LogP contribution in [0.1, 0.15) is 32.6 Å². The van der Waals surface area contributed by atoms with E-state index in [1.807, 2.05) is 0 Å². The van der Waals surface area contributed by atoms with E-state index in [0.717, 1.165) is 18.7 Å². The fraction of sp³-hybridized carbons (Fsp3) is 0.929. The third-order valence-corrected chi connectivity index (χ3v) is 6.86. The lowest BCUT2D eigenvalue weighted by atomic mass is 9.72. The van der Waals surface area contributed by atoms with Crippen LogP contribution < -0.4 is 5.32 Å². The Morgan fingerprint density at radius 1 is 1.30 bits per heavy atom. The molecule has 0 radical (unpaired) electrons. The van der Waals surface area contributed by atoms with Gasteiger partial charge in [0.15, 0.2) is 10.8 Å². The number of aliphatic hydroxyl groups is 3. The summed E-state index contributed by atoms with van der Waals surface area (Å²) in [6.07, 6.45) is -4.89. The van der Waals surface area contributed by atoms with Crippen LogP contribution >= 0.6 is 11.8 Å². The molecule has 132 valence electrons. The number of halogens is 3. The number of amidine groups is 1. The monoisotopic (exact) mass is 354 g/mol. The molecule has 0 amide bonds. The summed E-state index contributed by atoms with van der Waals surface area (Å²) in [5, 5.41) is 34.6. The molecular weight excluding hydrogens is 333 g/mol. The van der Waals surface area contributed by atoms with E-state index < -0.39 is 40.2 Å². The fourth-order valence-corrected chi connectivity index (χ4v) is 4.86. The number of nitrogens with one attached hydrogen (secondary N) is 1. The Kier molecular flexibility index (Phi) is 3.76. The molecule has 1 heterocycles. The smallest absolute Gasteiger partial charge is 0.392 e. The van der Waals surface area contributed by atoms with Crippen molar-refractivity contribution in [1.82, 2.24) is 5.32 Å². The summed E-state index contributed by atoms with van der Waals surface area (Å²) >= 11 is 1.10. The Morgan fingerprint density at radius 2 is 1.87 bits per heavy atom. The predicted octanol–water partition coefficient (Wildman–Crippen LogP) is 1.23. The number of hydrogen-bond donors (Lipinski definition) is 4. The zero-order chi connectivity index (χ0) is 17.3. The summed E-state index contributed by atoms with van der Waals surface area (Å²) in [4.78, 5) is 3.95. The zero-order valence-electron chi connectivity index (χ0n) is 12.9. The highest BCUT2D eigenvalue weighted by Gasteiger charge is 2.76. The van der Waals surface area contributed by atoms with Crippen LogP contribution in [0.4, 0.5) is 13.2 Å². The first-order chi connectivity index (χ1) is 10.5. The molecule has 3 fully saturated rings. The molecule has 0 unspecified atom stereocenters. The highest BCUT2D eigenvalue weighted by Crippen LogP contribution is 2.69. The van der Waals surface area contributed by atoms with Gasteiger partial charge in [-0.25, -0.2) is 0 Å². The van der Waals surface area contributed by atoms with Gasteiger partial charge in [0, 0.05) is 17.9 Å². The summed E-state index contributed by atoms with van der Waals surface area (Å²) in [7, 11) is 1.55. The van der Waals surface area contributed by atoms with E-state index in [9.17, 15) is 28.5 Å². The van der Waals surface area contributed by atoms with Crippen LogP contribution in [0.2, 0.25) is 0 Å². The third kappa shape index (κ3) is 2.31. The second kappa shape index (κ2) is 5.00.